The summed E-state index contributed by atoms with van der Waals surface area (Å²) >= 11 is 0. The van der Waals surface area contributed by atoms with Gasteiger partial charge in [-0.1, -0.05) is 6.42 Å². The molecular weight excluding hydrogens is 266 g/mol. The minimum absolute atomic E-state index is 0.539. The summed E-state index contributed by atoms with van der Waals surface area (Å²) in [5.41, 5.74) is 0.813. The molecule has 0 radical (unpaired) electrons. The lowest BCUT2D eigenvalue weighted by molar-refractivity contribution is 0.149. The Balaban J connectivity index is 1.95. The fourth-order valence-electron chi connectivity index (χ4n) is 2.93. The van der Waals surface area contributed by atoms with Crippen LogP contribution in [0.5, 0.6) is 11.5 Å². The Morgan fingerprint density at radius 3 is 2.86 bits per heavy atom. The van der Waals surface area contributed by atoms with Crippen molar-refractivity contribution in [1.82, 2.24) is 4.90 Å². The minimum Gasteiger partial charge on any atom is -0.497 e. The van der Waals surface area contributed by atoms with Crippen LogP contribution in [-0.2, 0) is 0 Å². The molecule has 1 unspecified atom stereocenters. The summed E-state index contributed by atoms with van der Waals surface area (Å²) in [5, 5.41) is 9.83. The van der Waals surface area contributed by atoms with Gasteiger partial charge in [0.15, 0.2) is 0 Å². The van der Waals surface area contributed by atoms with Crippen LogP contribution >= 0.6 is 0 Å². The van der Waals surface area contributed by atoms with Crippen molar-refractivity contribution in [2.24, 2.45) is 0 Å². The average Bonchev–Trinajstić information content (AvgIpc) is 2.48. The number of aliphatic hydroxyl groups excluding tert-OH is 1. The second-order valence-corrected chi connectivity index (χ2v) is 5.85. The topological polar surface area (TPSA) is 41.9 Å². The molecule has 1 heterocycles. The molecule has 1 fully saturated rings. The quantitative estimate of drug-likeness (QED) is 0.875. The largest absolute Gasteiger partial charge is 0.497 e. The predicted octanol–water partition coefficient (Wildman–Crippen LogP) is 3.00. The molecule has 4 nitrogen and oxygen atoms in total. The molecule has 1 aromatic carbocycles. The minimum atomic E-state index is -0.539. The fourth-order valence-corrected chi connectivity index (χ4v) is 2.93. The molecular formula is C17H27NO3. The van der Waals surface area contributed by atoms with Crippen LogP contribution in [0.1, 0.15) is 44.3 Å². The van der Waals surface area contributed by atoms with E-state index in [1.807, 2.05) is 18.2 Å². The highest BCUT2D eigenvalue weighted by Crippen LogP contribution is 2.30. The molecule has 1 aliphatic heterocycles. The lowest BCUT2D eigenvalue weighted by Crippen LogP contribution is -2.37. The molecule has 1 saturated heterocycles. The molecule has 2 atom stereocenters. The zero-order chi connectivity index (χ0) is 15.2. The second kappa shape index (κ2) is 7.66. The van der Waals surface area contributed by atoms with Gasteiger partial charge in [0.2, 0.25) is 0 Å². The van der Waals surface area contributed by atoms with E-state index >= 15 is 0 Å². The van der Waals surface area contributed by atoms with E-state index in [0.717, 1.165) is 23.5 Å². The third-order valence-corrected chi connectivity index (χ3v) is 4.30. The summed E-state index contributed by atoms with van der Waals surface area (Å²) in [6.07, 6.45) is 4.35. The Labute approximate surface area is 127 Å². The first-order valence-corrected chi connectivity index (χ1v) is 7.81. The molecule has 0 aromatic heterocycles. The number of likely N-dealkylation sites (tertiary alicyclic amines) is 1. The first-order valence-electron chi connectivity index (χ1n) is 7.81. The van der Waals surface area contributed by atoms with Gasteiger partial charge in [0.05, 0.1) is 19.8 Å². The Hall–Kier alpha value is -1.26. The van der Waals surface area contributed by atoms with E-state index in [-0.39, 0.29) is 0 Å². The molecule has 21 heavy (non-hydrogen) atoms. The van der Waals surface area contributed by atoms with Crippen LogP contribution in [-0.4, -0.2) is 43.4 Å². The van der Waals surface area contributed by atoms with Crippen molar-refractivity contribution in [3.63, 3.8) is 0 Å². The van der Waals surface area contributed by atoms with Crippen LogP contribution < -0.4 is 9.47 Å². The summed E-state index contributed by atoms with van der Waals surface area (Å²) in [7, 11) is 3.83. The molecule has 0 aliphatic carbocycles. The number of methoxy groups -OCH3 is 1. The Bertz CT molecular complexity index is 448. The van der Waals surface area contributed by atoms with Gasteiger partial charge in [-0.3, -0.25) is 0 Å². The van der Waals surface area contributed by atoms with Gasteiger partial charge < -0.3 is 19.5 Å². The number of nitrogens with zero attached hydrogens (tertiary/aromatic N) is 1. The Morgan fingerprint density at radius 2 is 2.19 bits per heavy atom. The Morgan fingerprint density at radius 1 is 1.38 bits per heavy atom. The lowest BCUT2D eigenvalue weighted by Gasteiger charge is -2.32. The molecule has 118 valence electrons. The summed E-state index contributed by atoms with van der Waals surface area (Å²) in [4.78, 5) is 2.42. The fraction of sp³-hybridized carbons (Fsp3) is 0.647. The van der Waals surface area contributed by atoms with Gasteiger partial charge in [0, 0.05) is 17.7 Å². The number of rotatable bonds is 6. The molecule has 4 heteroatoms. The normalized spacial score (nSPS) is 21.0. The van der Waals surface area contributed by atoms with Crippen molar-refractivity contribution in [1.29, 1.82) is 0 Å². The molecule has 2 rings (SSSR count). The van der Waals surface area contributed by atoms with E-state index in [1.54, 1.807) is 14.0 Å². The lowest BCUT2D eigenvalue weighted by atomic mass is 10.0. The third-order valence-electron chi connectivity index (χ3n) is 4.30. The maximum atomic E-state index is 9.83. The van der Waals surface area contributed by atoms with Crippen molar-refractivity contribution in [3.05, 3.63) is 23.8 Å². The van der Waals surface area contributed by atoms with Crippen molar-refractivity contribution in [3.8, 4) is 11.5 Å². The highest BCUT2D eigenvalue weighted by Gasteiger charge is 2.19. The van der Waals surface area contributed by atoms with Crippen molar-refractivity contribution in [2.45, 2.75) is 44.8 Å². The highest BCUT2D eigenvalue weighted by atomic mass is 16.5. The molecule has 0 bridgehead atoms. The highest BCUT2D eigenvalue weighted by molar-refractivity contribution is 5.41. The number of aliphatic hydroxyl groups is 1. The van der Waals surface area contributed by atoms with Gasteiger partial charge >= 0.3 is 0 Å². The number of hydrogen-bond donors (Lipinski definition) is 1. The number of hydrogen-bond acceptors (Lipinski definition) is 4. The third kappa shape index (κ3) is 4.35. The summed E-state index contributed by atoms with van der Waals surface area (Å²) in [5.74, 6) is 1.48. The maximum Gasteiger partial charge on any atom is 0.128 e. The summed E-state index contributed by atoms with van der Waals surface area (Å²) in [6.45, 7) is 3.61. The second-order valence-electron chi connectivity index (χ2n) is 5.85. The van der Waals surface area contributed by atoms with Gasteiger partial charge in [-0.05, 0) is 51.9 Å². The number of ether oxygens (including phenoxy) is 2. The van der Waals surface area contributed by atoms with E-state index in [2.05, 4.69) is 11.9 Å². The standard InChI is InChI=1S/C17H27NO3/c1-13(19)16-8-7-15(20-3)12-17(16)21-11-9-14-6-4-5-10-18(14)2/h7-8,12-14,19H,4-6,9-11H2,1-3H3/t13-,14?/m1/s1. The van der Waals surface area contributed by atoms with Gasteiger partial charge in [0.25, 0.3) is 0 Å². The zero-order valence-corrected chi connectivity index (χ0v) is 13.3. The van der Waals surface area contributed by atoms with Crippen LogP contribution in [0.2, 0.25) is 0 Å². The zero-order valence-electron chi connectivity index (χ0n) is 13.3. The molecule has 0 saturated carbocycles. The van der Waals surface area contributed by atoms with Gasteiger partial charge in [-0.2, -0.15) is 0 Å². The van der Waals surface area contributed by atoms with Crippen molar-refractivity contribution < 1.29 is 14.6 Å². The molecule has 1 aromatic rings. The Kier molecular flexibility index (Phi) is 5.88. The van der Waals surface area contributed by atoms with E-state index < -0.39 is 6.10 Å². The van der Waals surface area contributed by atoms with Crippen LogP contribution in [0.15, 0.2) is 18.2 Å². The van der Waals surface area contributed by atoms with Crippen LogP contribution in [0.25, 0.3) is 0 Å². The van der Waals surface area contributed by atoms with Crippen molar-refractivity contribution in [2.75, 3.05) is 27.3 Å². The van der Waals surface area contributed by atoms with E-state index in [9.17, 15) is 5.11 Å². The van der Waals surface area contributed by atoms with E-state index in [0.29, 0.717) is 12.6 Å². The van der Waals surface area contributed by atoms with Gasteiger partial charge in [-0.15, -0.1) is 0 Å². The maximum absolute atomic E-state index is 9.83. The van der Waals surface area contributed by atoms with Gasteiger partial charge in [-0.25, -0.2) is 0 Å². The number of piperidine rings is 1. The predicted molar refractivity (Wildman–Crippen MR) is 84.0 cm³/mol. The van der Waals surface area contributed by atoms with Gasteiger partial charge in [0.1, 0.15) is 11.5 Å². The summed E-state index contributed by atoms with van der Waals surface area (Å²) in [6, 6.07) is 6.18. The number of benzene rings is 1. The first-order chi connectivity index (χ1) is 10.1. The average molecular weight is 293 g/mol. The first kappa shape index (κ1) is 16.1. The van der Waals surface area contributed by atoms with Crippen LogP contribution in [0.3, 0.4) is 0 Å². The van der Waals surface area contributed by atoms with E-state index in [4.69, 9.17) is 9.47 Å². The van der Waals surface area contributed by atoms with Crippen molar-refractivity contribution >= 4 is 0 Å². The van der Waals surface area contributed by atoms with E-state index in [1.165, 1.54) is 25.8 Å². The molecule has 0 spiro atoms. The smallest absolute Gasteiger partial charge is 0.128 e. The molecule has 0 amide bonds. The van der Waals surface area contributed by atoms with Crippen LogP contribution in [0.4, 0.5) is 0 Å². The van der Waals surface area contributed by atoms with Crippen LogP contribution in [0, 0.1) is 0 Å². The molecule has 1 N–H and O–H groups in total. The SMILES string of the molecule is COc1ccc([C@@H](C)O)c(OCCC2CCCCN2C)c1. The summed E-state index contributed by atoms with van der Waals surface area (Å²) < 4.78 is 11.2. The molecule has 1 aliphatic rings. The monoisotopic (exact) mass is 293 g/mol.